The molecule has 8 nitrogen and oxygen atoms in total. The molecule has 8 rings (SSSR count). The fourth-order valence-electron chi connectivity index (χ4n) is 14.2. The minimum absolute atomic E-state index is 0.0661. The Balaban J connectivity index is 1.03. The van der Waals surface area contributed by atoms with Gasteiger partial charge in [0.05, 0.1) is 68.5 Å². The molecular formula is C38H63N2O6-. The van der Waals surface area contributed by atoms with Crippen molar-refractivity contribution in [1.82, 2.24) is 10.2 Å². The summed E-state index contributed by atoms with van der Waals surface area (Å²) in [4.78, 5) is 2.50. The summed E-state index contributed by atoms with van der Waals surface area (Å²) >= 11 is 0. The molecule has 3 saturated heterocycles. The molecule has 0 aromatic heterocycles. The van der Waals surface area contributed by atoms with E-state index in [1.165, 1.54) is 25.7 Å². The van der Waals surface area contributed by atoms with Crippen LogP contribution in [0.2, 0.25) is 0 Å². The zero-order chi connectivity index (χ0) is 32.7. The van der Waals surface area contributed by atoms with E-state index in [4.69, 9.17) is 25.9 Å². The number of aliphatic hydroxyl groups is 2. The molecule has 46 heavy (non-hydrogen) atoms. The van der Waals surface area contributed by atoms with Crippen molar-refractivity contribution < 1.29 is 29.2 Å². The smallest absolute Gasteiger partial charge is 0.170 e. The molecule has 0 bridgehead atoms. The molecular weight excluding hydrogens is 580 g/mol. The number of aliphatic hydroxyl groups excluding tert-OH is 1. The second-order valence-electron chi connectivity index (χ2n) is 18.8. The lowest BCUT2D eigenvalue weighted by molar-refractivity contribution is -0.255. The predicted molar refractivity (Wildman–Crippen MR) is 176 cm³/mol. The third-order valence-electron chi connectivity index (χ3n) is 16.4. The van der Waals surface area contributed by atoms with Gasteiger partial charge in [0.2, 0.25) is 0 Å². The summed E-state index contributed by atoms with van der Waals surface area (Å²) < 4.78 is 25.5. The van der Waals surface area contributed by atoms with E-state index < -0.39 is 17.1 Å². The van der Waals surface area contributed by atoms with Crippen molar-refractivity contribution in [2.75, 3.05) is 40.0 Å². The summed E-state index contributed by atoms with van der Waals surface area (Å²) in [6.07, 6.45) is 8.25. The van der Waals surface area contributed by atoms with Gasteiger partial charge in [-0.3, -0.25) is 4.90 Å². The van der Waals surface area contributed by atoms with Crippen LogP contribution in [0.25, 0.3) is 0 Å². The van der Waals surface area contributed by atoms with Gasteiger partial charge in [-0.15, -0.1) is 5.41 Å². The second kappa shape index (κ2) is 10.6. The van der Waals surface area contributed by atoms with Gasteiger partial charge in [-0.2, -0.15) is 0 Å². The largest absolute Gasteiger partial charge is 0.393 e. The Morgan fingerprint density at radius 2 is 1.76 bits per heavy atom. The van der Waals surface area contributed by atoms with Gasteiger partial charge in [-0.05, 0) is 105 Å². The van der Waals surface area contributed by atoms with Crippen LogP contribution >= 0.6 is 0 Å². The van der Waals surface area contributed by atoms with Gasteiger partial charge in [0.15, 0.2) is 6.29 Å². The van der Waals surface area contributed by atoms with E-state index in [0.29, 0.717) is 29.2 Å². The molecule has 5 aliphatic carbocycles. The topological polar surface area (TPSA) is 92.7 Å². The highest BCUT2D eigenvalue weighted by Gasteiger charge is 2.83. The minimum Gasteiger partial charge on any atom is -0.393 e. The van der Waals surface area contributed by atoms with E-state index in [1.807, 2.05) is 20.9 Å². The first kappa shape index (κ1) is 32.9. The van der Waals surface area contributed by atoms with Gasteiger partial charge in [0.1, 0.15) is 0 Å². The number of hydrogen-bond donors (Lipinski definition) is 3. The molecule has 0 radical (unpaired) electrons. The van der Waals surface area contributed by atoms with E-state index in [2.05, 4.69) is 37.9 Å². The summed E-state index contributed by atoms with van der Waals surface area (Å²) in [5.41, 5.74) is -0.748. The molecule has 5 saturated carbocycles. The monoisotopic (exact) mass is 643 g/mol. The molecule has 3 aliphatic heterocycles. The zero-order valence-electron chi connectivity index (χ0n) is 29.7. The molecule has 0 aromatic rings. The van der Waals surface area contributed by atoms with Crippen LogP contribution in [-0.2, 0) is 18.9 Å². The molecule has 262 valence electrons. The highest BCUT2D eigenvalue weighted by molar-refractivity contribution is 5.34. The van der Waals surface area contributed by atoms with Crippen molar-refractivity contribution >= 4 is 0 Å². The van der Waals surface area contributed by atoms with Crippen molar-refractivity contribution in [2.45, 2.75) is 141 Å². The molecule has 8 fully saturated rings. The number of ether oxygens (including phenoxy) is 4. The van der Waals surface area contributed by atoms with Gasteiger partial charge in [-0.1, -0.05) is 40.0 Å². The van der Waals surface area contributed by atoms with Crippen molar-refractivity contribution in [3.8, 4) is 0 Å². The van der Waals surface area contributed by atoms with Crippen molar-refractivity contribution in [3.05, 3.63) is 6.92 Å². The number of nitrogens with zero attached hydrogens (tertiary/aromatic N) is 1. The fourth-order valence-corrected chi connectivity index (χ4v) is 14.2. The van der Waals surface area contributed by atoms with E-state index in [0.717, 1.165) is 58.6 Å². The average Bonchev–Trinajstić information content (AvgIpc) is 3.58. The van der Waals surface area contributed by atoms with Gasteiger partial charge in [-0.25, -0.2) is 0 Å². The first-order valence-corrected chi connectivity index (χ1v) is 18.8. The first-order valence-electron chi connectivity index (χ1n) is 18.8. The van der Waals surface area contributed by atoms with Gasteiger partial charge >= 0.3 is 0 Å². The van der Waals surface area contributed by atoms with Gasteiger partial charge in [0, 0.05) is 6.54 Å². The van der Waals surface area contributed by atoms with E-state index in [1.54, 1.807) is 0 Å². The maximum absolute atomic E-state index is 12.5. The van der Waals surface area contributed by atoms with Crippen LogP contribution in [-0.4, -0.2) is 103 Å². The number of nitrogens with one attached hydrogen (secondary N) is 1. The number of fused-ring (bicyclic) bond motifs is 4. The highest BCUT2D eigenvalue weighted by atomic mass is 16.7. The van der Waals surface area contributed by atoms with Crippen LogP contribution in [0.4, 0.5) is 0 Å². The van der Waals surface area contributed by atoms with E-state index in [-0.39, 0.29) is 52.8 Å². The van der Waals surface area contributed by atoms with Crippen LogP contribution < -0.4 is 5.32 Å². The lowest BCUT2D eigenvalue weighted by Gasteiger charge is -2.67. The summed E-state index contributed by atoms with van der Waals surface area (Å²) in [5.74, 6) is 1.70. The molecule has 0 aromatic carbocycles. The van der Waals surface area contributed by atoms with Crippen molar-refractivity contribution in [3.63, 3.8) is 0 Å². The summed E-state index contributed by atoms with van der Waals surface area (Å²) in [6.45, 7) is 22.9. The van der Waals surface area contributed by atoms with Crippen LogP contribution in [0, 0.1) is 57.7 Å². The maximum Gasteiger partial charge on any atom is 0.170 e. The standard InChI is InChI=1S/C38H63N2O6/c1-22-17-24(31(39-8)34(4,5)42)45-30-29(22)35(6)13-14-38-21-37(38)12-11-27(46-28-18-40(15-16-44-28)23-19-43-20-23)33(2,3)25(37)9-10-26(38)36(35,7)32(30)41/h22-32,39,41-42H,7,9-21H2,1-6,8H3/q-1. The summed E-state index contributed by atoms with van der Waals surface area (Å²) in [6, 6.07) is 0.327. The minimum atomic E-state index is -0.916. The Morgan fingerprint density at radius 1 is 1.04 bits per heavy atom. The third kappa shape index (κ3) is 4.20. The molecule has 3 N–H and O–H groups in total. The maximum atomic E-state index is 12.5. The first-order chi connectivity index (χ1) is 21.6. The van der Waals surface area contributed by atoms with E-state index >= 15 is 0 Å². The molecule has 14 unspecified atom stereocenters. The highest BCUT2D eigenvalue weighted by Crippen LogP contribution is 2.89. The Kier molecular flexibility index (Phi) is 7.57. The van der Waals surface area contributed by atoms with Crippen LogP contribution in [0.1, 0.15) is 92.9 Å². The molecule has 8 aliphatic rings. The van der Waals surface area contributed by atoms with Crippen molar-refractivity contribution in [1.29, 1.82) is 0 Å². The zero-order valence-corrected chi connectivity index (χ0v) is 29.7. The summed E-state index contributed by atoms with van der Waals surface area (Å²) in [5, 5.41) is 26.8. The Bertz CT molecular complexity index is 1190. The lowest BCUT2D eigenvalue weighted by Crippen LogP contribution is -2.61. The number of morpholine rings is 1. The average molecular weight is 644 g/mol. The SMILES string of the molecule is [CH2-]C12C(O)C3OC(C(NC)C(C)(C)O)CC(C)C3C1(C)CCC13CC14CCC(OC1CN(C5COC5)CCO1)C(C)(C)C4CCC32. The Morgan fingerprint density at radius 3 is 2.43 bits per heavy atom. The van der Waals surface area contributed by atoms with Gasteiger partial charge in [0.25, 0.3) is 0 Å². The van der Waals surface area contributed by atoms with Crippen molar-refractivity contribution in [2.24, 2.45) is 50.7 Å². The van der Waals surface area contributed by atoms with Crippen LogP contribution in [0.5, 0.6) is 0 Å². The Labute approximate surface area is 278 Å². The van der Waals surface area contributed by atoms with Gasteiger partial charge < -0.3 is 41.4 Å². The second-order valence-corrected chi connectivity index (χ2v) is 18.8. The third-order valence-corrected chi connectivity index (χ3v) is 16.4. The lowest BCUT2D eigenvalue weighted by atomic mass is 9.41. The Hall–Kier alpha value is -0.320. The quantitative estimate of drug-likeness (QED) is 0.367. The number of hydrogen-bond acceptors (Lipinski definition) is 8. The molecule has 0 amide bonds. The number of likely N-dealkylation sites (N-methyl/N-ethyl adjacent to an activating group) is 1. The van der Waals surface area contributed by atoms with Crippen LogP contribution in [0.15, 0.2) is 0 Å². The molecule has 14 atom stereocenters. The number of rotatable bonds is 6. The van der Waals surface area contributed by atoms with Crippen LogP contribution in [0.3, 0.4) is 0 Å². The molecule has 2 spiro atoms. The normalized spacial score (nSPS) is 54.0. The fraction of sp³-hybridized carbons (Fsp3) is 0.974. The molecule has 3 heterocycles. The predicted octanol–water partition coefficient (Wildman–Crippen LogP) is 4.42. The molecule has 8 heteroatoms. The van der Waals surface area contributed by atoms with E-state index in [9.17, 15) is 10.2 Å². The summed E-state index contributed by atoms with van der Waals surface area (Å²) in [7, 11) is 1.91.